The predicted molar refractivity (Wildman–Crippen MR) is 97.8 cm³/mol. The van der Waals surface area contributed by atoms with E-state index in [-0.39, 0.29) is 5.91 Å². The third kappa shape index (κ3) is 6.55. The quantitative estimate of drug-likeness (QED) is 0.649. The van der Waals surface area contributed by atoms with Gasteiger partial charge in [0.05, 0.1) is 0 Å². The number of carbonyl (C=O) groups is 1. The lowest BCUT2D eigenvalue weighted by molar-refractivity contribution is -0.116. The highest BCUT2D eigenvalue weighted by atomic mass is 16.1. The van der Waals surface area contributed by atoms with Gasteiger partial charge in [-0.05, 0) is 42.7 Å². The van der Waals surface area contributed by atoms with E-state index in [0.717, 1.165) is 24.3 Å². The van der Waals surface area contributed by atoms with Crippen LogP contribution in [0.4, 0.5) is 11.4 Å². The Labute approximate surface area is 139 Å². The van der Waals surface area contributed by atoms with Gasteiger partial charge in [-0.1, -0.05) is 50.1 Å². The minimum atomic E-state index is 0.0532. The van der Waals surface area contributed by atoms with Crippen molar-refractivity contribution in [2.75, 3.05) is 17.2 Å². The number of hydrogen-bond acceptors (Lipinski definition) is 2. The molecule has 0 spiro atoms. The molecule has 0 radical (unpaired) electrons. The van der Waals surface area contributed by atoms with E-state index < -0.39 is 0 Å². The number of hydrogen-bond donors (Lipinski definition) is 2. The first-order valence-corrected chi connectivity index (χ1v) is 8.45. The Bertz CT molecular complexity index is 578. The Balaban J connectivity index is 1.73. The topological polar surface area (TPSA) is 41.1 Å². The SMILES string of the molecule is CCCCCNc1ccc(NC(=O)CCc2ccccc2)cc1. The lowest BCUT2D eigenvalue weighted by Gasteiger charge is -2.08. The number of amides is 1. The van der Waals surface area contributed by atoms with Crippen molar-refractivity contribution in [2.45, 2.75) is 39.0 Å². The minimum absolute atomic E-state index is 0.0532. The lowest BCUT2D eigenvalue weighted by Crippen LogP contribution is -2.12. The fraction of sp³-hybridized carbons (Fsp3) is 0.350. The second kappa shape index (κ2) is 9.67. The van der Waals surface area contributed by atoms with Crippen LogP contribution in [0.5, 0.6) is 0 Å². The summed E-state index contributed by atoms with van der Waals surface area (Å²) in [5.41, 5.74) is 3.14. The van der Waals surface area contributed by atoms with Crippen LogP contribution in [0.1, 0.15) is 38.2 Å². The Hall–Kier alpha value is -2.29. The highest BCUT2D eigenvalue weighted by Crippen LogP contribution is 2.14. The molecule has 0 aliphatic heterocycles. The molecule has 1 amide bonds. The first-order valence-electron chi connectivity index (χ1n) is 8.45. The molecule has 2 N–H and O–H groups in total. The molecule has 0 saturated carbocycles. The summed E-state index contributed by atoms with van der Waals surface area (Å²) in [6.07, 6.45) is 4.94. The highest BCUT2D eigenvalue weighted by molar-refractivity contribution is 5.91. The van der Waals surface area contributed by atoms with Gasteiger partial charge in [0, 0.05) is 24.3 Å². The number of benzene rings is 2. The summed E-state index contributed by atoms with van der Waals surface area (Å²) in [6, 6.07) is 18.0. The van der Waals surface area contributed by atoms with Crippen LogP contribution in [0.15, 0.2) is 54.6 Å². The summed E-state index contributed by atoms with van der Waals surface area (Å²) in [5, 5.41) is 6.34. The molecule has 0 fully saturated rings. The van der Waals surface area contributed by atoms with Crippen molar-refractivity contribution in [1.82, 2.24) is 0 Å². The molecule has 3 nitrogen and oxygen atoms in total. The van der Waals surface area contributed by atoms with Crippen LogP contribution in [0.2, 0.25) is 0 Å². The van der Waals surface area contributed by atoms with Gasteiger partial charge in [0.25, 0.3) is 0 Å². The number of unbranched alkanes of at least 4 members (excludes halogenated alkanes) is 2. The van der Waals surface area contributed by atoms with E-state index in [1.807, 2.05) is 54.6 Å². The molecule has 0 atom stereocenters. The van der Waals surface area contributed by atoms with Gasteiger partial charge in [-0.25, -0.2) is 0 Å². The van der Waals surface area contributed by atoms with Crippen LogP contribution in [0.25, 0.3) is 0 Å². The van der Waals surface area contributed by atoms with Crippen LogP contribution >= 0.6 is 0 Å². The van der Waals surface area contributed by atoms with Crippen molar-refractivity contribution in [2.24, 2.45) is 0 Å². The molecular weight excluding hydrogens is 284 g/mol. The van der Waals surface area contributed by atoms with E-state index >= 15 is 0 Å². The van der Waals surface area contributed by atoms with E-state index in [4.69, 9.17) is 0 Å². The smallest absolute Gasteiger partial charge is 0.224 e. The summed E-state index contributed by atoms with van der Waals surface area (Å²) >= 11 is 0. The first kappa shape index (κ1) is 17.1. The summed E-state index contributed by atoms with van der Waals surface area (Å²) in [4.78, 5) is 12.0. The van der Waals surface area contributed by atoms with Gasteiger partial charge in [-0.15, -0.1) is 0 Å². The fourth-order valence-electron chi connectivity index (χ4n) is 2.41. The largest absolute Gasteiger partial charge is 0.385 e. The molecule has 0 saturated heterocycles. The van der Waals surface area contributed by atoms with Crippen LogP contribution in [0, 0.1) is 0 Å². The van der Waals surface area contributed by atoms with Gasteiger partial charge in [0.1, 0.15) is 0 Å². The van der Waals surface area contributed by atoms with Gasteiger partial charge in [-0.2, -0.15) is 0 Å². The first-order chi connectivity index (χ1) is 11.3. The van der Waals surface area contributed by atoms with E-state index in [1.165, 1.54) is 24.8 Å². The summed E-state index contributed by atoms with van der Waals surface area (Å²) in [5.74, 6) is 0.0532. The lowest BCUT2D eigenvalue weighted by atomic mass is 10.1. The van der Waals surface area contributed by atoms with Gasteiger partial charge >= 0.3 is 0 Å². The molecule has 122 valence electrons. The Morgan fingerprint density at radius 2 is 1.61 bits per heavy atom. The van der Waals surface area contributed by atoms with Crippen LogP contribution in [-0.4, -0.2) is 12.5 Å². The highest BCUT2D eigenvalue weighted by Gasteiger charge is 2.03. The molecule has 0 bridgehead atoms. The number of carbonyl (C=O) groups excluding carboxylic acids is 1. The Kier molecular flexibility index (Phi) is 7.18. The average molecular weight is 310 g/mol. The van der Waals surface area contributed by atoms with E-state index in [0.29, 0.717) is 6.42 Å². The third-order valence-corrected chi connectivity index (χ3v) is 3.76. The van der Waals surface area contributed by atoms with Crippen molar-refractivity contribution >= 4 is 17.3 Å². The molecule has 0 heterocycles. The van der Waals surface area contributed by atoms with E-state index in [2.05, 4.69) is 17.6 Å². The Morgan fingerprint density at radius 3 is 2.30 bits per heavy atom. The van der Waals surface area contributed by atoms with Crippen molar-refractivity contribution in [3.05, 3.63) is 60.2 Å². The normalized spacial score (nSPS) is 10.3. The number of anilines is 2. The molecule has 0 aliphatic rings. The molecule has 23 heavy (non-hydrogen) atoms. The standard InChI is InChI=1S/C20H26N2O/c1-2-3-7-16-21-18-11-13-19(14-12-18)22-20(23)15-10-17-8-5-4-6-9-17/h4-6,8-9,11-14,21H,2-3,7,10,15-16H2,1H3,(H,22,23). The Morgan fingerprint density at radius 1 is 0.913 bits per heavy atom. The summed E-state index contributed by atoms with van der Waals surface area (Å²) < 4.78 is 0. The van der Waals surface area contributed by atoms with Crippen LogP contribution < -0.4 is 10.6 Å². The maximum absolute atomic E-state index is 12.0. The van der Waals surface area contributed by atoms with Crippen molar-refractivity contribution in [3.63, 3.8) is 0 Å². The second-order valence-corrected chi connectivity index (χ2v) is 5.75. The molecule has 0 unspecified atom stereocenters. The van der Waals surface area contributed by atoms with Crippen LogP contribution in [0.3, 0.4) is 0 Å². The van der Waals surface area contributed by atoms with Gasteiger partial charge in [0.2, 0.25) is 5.91 Å². The molecule has 2 aromatic rings. The van der Waals surface area contributed by atoms with Crippen molar-refractivity contribution in [1.29, 1.82) is 0 Å². The second-order valence-electron chi connectivity index (χ2n) is 5.75. The zero-order chi connectivity index (χ0) is 16.3. The molecule has 0 aromatic heterocycles. The third-order valence-electron chi connectivity index (χ3n) is 3.76. The average Bonchev–Trinajstić information content (AvgIpc) is 2.59. The minimum Gasteiger partial charge on any atom is -0.385 e. The zero-order valence-electron chi connectivity index (χ0n) is 13.8. The number of nitrogens with one attached hydrogen (secondary N) is 2. The number of rotatable bonds is 9. The van der Waals surface area contributed by atoms with E-state index in [1.54, 1.807) is 0 Å². The molecule has 3 heteroatoms. The molecule has 2 rings (SSSR count). The zero-order valence-corrected chi connectivity index (χ0v) is 13.8. The monoisotopic (exact) mass is 310 g/mol. The maximum Gasteiger partial charge on any atom is 0.224 e. The fourth-order valence-corrected chi connectivity index (χ4v) is 2.41. The maximum atomic E-state index is 12.0. The summed E-state index contributed by atoms with van der Waals surface area (Å²) in [6.45, 7) is 3.20. The van der Waals surface area contributed by atoms with E-state index in [9.17, 15) is 4.79 Å². The summed E-state index contributed by atoms with van der Waals surface area (Å²) in [7, 11) is 0. The van der Waals surface area contributed by atoms with Gasteiger partial charge in [0.15, 0.2) is 0 Å². The predicted octanol–water partition coefficient (Wildman–Crippen LogP) is 4.86. The van der Waals surface area contributed by atoms with Gasteiger partial charge in [-0.3, -0.25) is 4.79 Å². The van der Waals surface area contributed by atoms with Crippen molar-refractivity contribution < 1.29 is 4.79 Å². The van der Waals surface area contributed by atoms with Crippen LogP contribution in [-0.2, 0) is 11.2 Å². The molecular formula is C20H26N2O. The molecule has 0 aliphatic carbocycles. The molecule has 2 aromatic carbocycles. The number of aryl methyl sites for hydroxylation is 1. The van der Waals surface area contributed by atoms with Gasteiger partial charge < -0.3 is 10.6 Å². The van der Waals surface area contributed by atoms with Crippen molar-refractivity contribution in [3.8, 4) is 0 Å².